The standard InChI is InChI=1S/C16H30N4O2.HI/c1-5-19-7-6-13(10-19)8-18-16(17-3)20-9-12(2)14(11-20)15(21)22-4;/h12-14H,5-11H2,1-4H3,(H,17,18);1H. The fraction of sp³-hybridized carbons (Fsp3) is 0.875. The molecule has 2 aliphatic heterocycles. The first-order valence-corrected chi connectivity index (χ1v) is 8.34. The highest BCUT2D eigenvalue weighted by Crippen LogP contribution is 2.24. The molecule has 23 heavy (non-hydrogen) atoms. The van der Waals surface area contributed by atoms with E-state index < -0.39 is 0 Å². The number of hydrogen-bond acceptors (Lipinski definition) is 4. The Bertz CT molecular complexity index is 419. The van der Waals surface area contributed by atoms with E-state index in [1.165, 1.54) is 26.6 Å². The van der Waals surface area contributed by atoms with Crippen molar-refractivity contribution in [2.45, 2.75) is 20.3 Å². The Labute approximate surface area is 157 Å². The Balaban J connectivity index is 0.00000264. The quantitative estimate of drug-likeness (QED) is 0.310. The topological polar surface area (TPSA) is 57.2 Å². The predicted molar refractivity (Wildman–Crippen MR) is 103 cm³/mol. The van der Waals surface area contributed by atoms with E-state index in [2.05, 4.69) is 34.0 Å². The van der Waals surface area contributed by atoms with Crippen LogP contribution in [0.25, 0.3) is 0 Å². The number of esters is 1. The third-order valence-corrected chi connectivity index (χ3v) is 4.99. The molecule has 0 bridgehead atoms. The van der Waals surface area contributed by atoms with E-state index >= 15 is 0 Å². The molecule has 6 nitrogen and oxygen atoms in total. The first-order valence-electron chi connectivity index (χ1n) is 8.34. The highest BCUT2D eigenvalue weighted by atomic mass is 127. The van der Waals surface area contributed by atoms with Crippen LogP contribution in [-0.2, 0) is 9.53 Å². The monoisotopic (exact) mass is 438 g/mol. The van der Waals surface area contributed by atoms with Crippen molar-refractivity contribution in [3.05, 3.63) is 0 Å². The van der Waals surface area contributed by atoms with Gasteiger partial charge in [0.2, 0.25) is 0 Å². The molecule has 134 valence electrons. The summed E-state index contributed by atoms with van der Waals surface area (Å²) in [6, 6.07) is 0. The molecule has 2 aliphatic rings. The summed E-state index contributed by atoms with van der Waals surface area (Å²) in [5.74, 6) is 1.74. The van der Waals surface area contributed by atoms with Crippen LogP contribution in [-0.4, -0.2) is 75.2 Å². The fourth-order valence-corrected chi connectivity index (χ4v) is 3.53. The van der Waals surface area contributed by atoms with Crippen molar-refractivity contribution in [3.63, 3.8) is 0 Å². The van der Waals surface area contributed by atoms with Crippen molar-refractivity contribution in [3.8, 4) is 0 Å². The summed E-state index contributed by atoms with van der Waals surface area (Å²) < 4.78 is 4.90. The minimum absolute atomic E-state index is 0. The number of ether oxygens (including phenoxy) is 1. The molecule has 0 radical (unpaired) electrons. The van der Waals surface area contributed by atoms with Crippen molar-refractivity contribution in [1.82, 2.24) is 15.1 Å². The SMILES string of the molecule is CCN1CCC(CNC(=NC)N2CC(C)C(C(=O)OC)C2)C1.I. The second kappa shape index (κ2) is 9.66. The molecule has 3 unspecified atom stereocenters. The minimum Gasteiger partial charge on any atom is -0.469 e. The molecule has 3 atom stereocenters. The van der Waals surface area contributed by atoms with Crippen LogP contribution in [0.15, 0.2) is 4.99 Å². The largest absolute Gasteiger partial charge is 0.469 e. The summed E-state index contributed by atoms with van der Waals surface area (Å²) in [4.78, 5) is 20.9. The number of carbonyl (C=O) groups excluding carboxylic acids is 1. The number of nitrogens with one attached hydrogen (secondary N) is 1. The van der Waals surface area contributed by atoms with Crippen molar-refractivity contribution in [1.29, 1.82) is 0 Å². The molecule has 0 aromatic heterocycles. The van der Waals surface area contributed by atoms with Gasteiger partial charge in [0.25, 0.3) is 0 Å². The third kappa shape index (κ3) is 5.20. The molecule has 7 heteroatoms. The second-order valence-electron chi connectivity index (χ2n) is 6.49. The Kier molecular flexibility index (Phi) is 8.60. The van der Waals surface area contributed by atoms with Crippen LogP contribution in [0.3, 0.4) is 0 Å². The highest BCUT2D eigenvalue weighted by molar-refractivity contribution is 14.0. The maximum atomic E-state index is 11.8. The van der Waals surface area contributed by atoms with Crippen LogP contribution in [0, 0.1) is 17.8 Å². The zero-order valence-corrected chi connectivity index (χ0v) is 17.1. The number of guanidine groups is 1. The van der Waals surface area contributed by atoms with Gasteiger partial charge in [0.15, 0.2) is 5.96 Å². The van der Waals surface area contributed by atoms with E-state index in [0.29, 0.717) is 18.4 Å². The van der Waals surface area contributed by atoms with Gasteiger partial charge in [-0.1, -0.05) is 13.8 Å². The summed E-state index contributed by atoms with van der Waals surface area (Å²) in [7, 11) is 3.27. The Morgan fingerprint density at radius 2 is 2.09 bits per heavy atom. The van der Waals surface area contributed by atoms with Crippen LogP contribution < -0.4 is 5.32 Å². The third-order valence-electron chi connectivity index (χ3n) is 4.99. The number of likely N-dealkylation sites (tertiary alicyclic amines) is 2. The van der Waals surface area contributed by atoms with Crippen LogP contribution in [0.2, 0.25) is 0 Å². The molecule has 0 amide bonds. The van der Waals surface area contributed by atoms with Gasteiger partial charge in [-0.15, -0.1) is 24.0 Å². The first kappa shape index (κ1) is 20.5. The summed E-state index contributed by atoms with van der Waals surface area (Å²) >= 11 is 0. The molecule has 0 spiro atoms. The summed E-state index contributed by atoms with van der Waals surface area (Å²) in [6.45, 7) is 10.3. The highest BCUT2D eigenvalue weighted by Gasteiger charge is 2.37. The molecule has 0 aromatic rings. The van der Waals surface area contributed by atoms with Gasteiger partial charge in [0.1, 0.15) is 0 Å². The number of carbonyl (C=O) groups is 1. The Morgan fingerprint density at radius 3 is 2.65 bits per heavy atom. The van der Waals surface area contributed by atoms with Crippen molar-refractivity contribution in [2.75, 3.05) is 53.4 Å². The predicted octanol–water partition coefficient (Wildman–Crippen LogP) is 1.26. The lowest BCUT2D eigenvalue weighted by Crippen LogP contribution is -2.42. The zero-order chi connectivity index (χ0) is 16.1. The van der Waals surface area contributed by atoms with Crippen molar-refractivity contribution < 1.29 is 9.53 Å². The molecule has 0 aromatic carbocycles. The number of aliphatic imine (C=N–C) groups is 1. The van der Waals surface area contributed by atoms with Gasteiger partial charge in [-0.2, -0.15) is 0 Å². The van der Waals surface area contributed by atoms with Crippen molar-refractivity contribution >= 4 is 35.9 Å². The fourth-order valence-electron chi connectivity index (χ4n) is 3.53. The molecule has 0 saturated carbocycles. The smallest absolute Gasteiger partial charge is 0.310 e. The van der Waals surface area contributed by atoms with Gasteiger partial charge in [-0.3, -0.25) is 9.79 Å². The van der Waals surface area contributed by atoms with Crippen molar-refractivity contribution in [2.24, 2.45) is 22.7 Å². The normalized spacial score (nSPS) is 28.6. The number of halogens is 1. The van der Waals surface area contributed by atoms with Crippen LogP contribution in [0.1, 0.15) is 20.3 Å². The second-order valence-corrected chi connectivity index (χ2v) is 6.49. The van der Waals surface area contributed by atoms with Gasteiger partial charge in [-0.25, -0.2) is 0 Å². The molecule has 2 rings (SSSR count). The summed E-state index contributed by atoms with van der Waals surface area (Å²) in [6.07, 6.45) is 1.25. The first-order chi connectivity index (χ1) is 10.6. The molecule has 2 saturated heterocycles. The molecule has 0 aliphatic carbocycles. The lowest BCUT2D eigenvalue weighted by atomic mass is 9.99. The molecule has 1 N–H and O–H groups in total. The summed E-state index contributed by atoms with van der Waals surface area (Å²) in [5, 5.41) is 3.49. The summed E-state index contributed by atoms with van der Waals surface area (Å²) in [5.41, 5.74) is 0. The lowest BCUT2D eigenvalue weighted by molar-refractivity contribution is -0.145. The molecular formula is C16H31IN4O2. The van der Waals surface area contributed by atoms with Crippen LogP contribution in [0.5, 0.6) is 0 Å². The molecule has 2 fully saturated rings. The Morgan fingerprint density at radius 1 is 1.35 bits per heavy atom. The van der Waals surface area contributed by atoms with Gasteiger partial charge >= 0.3 is 5.97 Å². The van der Waals surface area contributed by atoms with Gasteiger partial charge in [0, 0.05) is 33.2 Å². The van der Waals surface area contributed by atoms with E-state index in [4.69, 9.17) is 4.74 Å². The number of nitrogens with zero attached hydrogens (tertiary/aromatic N) is 3. The molecular weight excluding hydrogens is 407 g/mol. The zero-order valence-electron chi connectivity index (χ0n) is 14.7. The van der Waals surface area contributed by atoms with Crippen LogP contribution in [0.4, 0.5) is 0 Å². The van der Waals surface area contributed by atoms with E-state index in [1.54, 1.807) is 0 Å². The maximum Gasteiger partial charge on any atom is 0.310 e. The Hall–Kier alpha value is -0.570. The number of hydrogen-bond donors (Lipinski definition) is 1. The van der Waals surface area contributed by atoms with E-state index in [1.807, 2.05) is 7.05 Å². The van der Waals surface area contributed by atoms with Crippen LogP contribution >= 0.6 is 24.0 Å². The number of methoxy groups -OCH3 is 1. The maximum absolute atomic E-state index is 11.8. The van der Waals surface area contributed by atoms with Gasteiger partial charge in [-0.05, 0) is 31.3 Å². The van der Waals surface area contributed by atoms with E-state index in [9.17, 15) is 4.79 Å². The van der Waals surface area contributed by atoms with Gasteiger partial charge in [0.05, 0.1) is 13.0 Å². The lowest BCUT2D eigenvalue weighted by Gasteiger charge is -2.23. The average Bonchev–Trinajstić information content (AvgIpc) is 3.14. The number of rotatable bonds is 4. The van der Waals surface area contributed by atoms with Gasteiger partial charge < -0.3 is 19.9 Å². The van der Waals surface area contributed by atoms with E-state index in [0.717, 1.165) is 25.6 Å². The van der Waals surface area contributed by atoms with E-state index in [-0.39, 0.29) is 35.9 Å². The average molecular weight is 438 g/mol. The minimum atomic E-state index is -0.111. The molecule has 2 heterocycles.